The molecule has 35 heavy (non-hydrogen) atoms. The number of hydrogen-bond acceptors (Lipinski definition) is 4. The lowest BCUT2D eigenvalue weighted by molar-refractivity contribution is -0.137. The first kappa shape index (κ1) is 25.4. The Kier molecular flexibility index (Phi) is 8.23. The molecule has 0 bridgehead atoms. The minimum Gasteiger partial charge on any atom is -0.395 e. The van der Waals surface area contributed by atoms with Gasteiger partial charge < -0.3 is 10.0 Å². The number of nitrogens with zero attached hydrogens (tertiary/aromatic N) is 3. The fraction of sp³-hybridized carbons (Fsp3) is 0.481. The second-order valence-corrected chi connectivity index (χ2v) is 9.46. The highest BCUT2D eigenvalue weighted by Crippen LogP contribution is 2.32. The van der Waals surface area contributed by atoms with E-state index >= 15 is 0 Å². The molecule has 4 rings (SSSR count). The molecular weight excluding hydrogens is 455 g/mol. The molecule has 2 aliphatic rings. The molecule has 1 unspecified atom stereocenters. The van der Waals surface area contributed by atoms with Gasteiger partial charge in [-0.1, -0.05) is 12.1 Å². The van der Waals surface area contributed by atoms with E-state index in [1.54, 1.807) is 11.0 Å². The average molecular weight is 488 g/mol. The number of halogens is 3. The molecule has 0 spiro atoms. The van der Waals surface area contributed by atoms with E-state index < -0.39 is 11.7 Å². The van der Waals surface area contributed by atoms with E-state index in [-0.39, 0.29) is 18.6 Å². The number of amides is 1. The summed E-state index contributed by atoms with van der Waals surface area (Å²) in [5.74, 6) is 0.644. The third-order valence-electron chi connectivity index (χ3n) is 7.39. The highest BCUT2D eigenvalue weighted by molar-refractivity contribution is 5.91. The van der Waals surface area contributed by atoms with Gasteiger partial charge in [-0.15, -0.1) is 0 Å². The summed E-state index contributed by atoms with van der Waals surface area (Å²) in [5, 5.41) is 10.2. The minimum atomic E-state index is -4.41. The third-order valence-corrected chi connectivity index (χ3v) is 7.39. The van der Waals surface area contributed by atoms with Crippen LogP contribution < -0.4 is 0 Å². The smallest absolute Gasteiger partial charge is 0.395 e. The van der Waals surface area contributed by atoms with Crippen molar-refractivity contribution in [3.05, 3.63) is 71.6 Å². The van der Waals surface area contributed by atoms with Crippen molar-refractivity contribution in [2.24, 2.45) is 5.92 Å². The zero-order valence-electron chi connectivity index (χ0n) is 19.7. The van der Waals surface area contributed by atoms with Gasteiger partial charge in [0.2, 0.25) is 5.91 Å². The van der Waals surface area contributed by atoms with Gasteiger partial charge in [0.15, 0.2) is 0 Å². The first-order chi connectivity index (χ1) is 16.8. The van der Waals surface area contributed by atoms with Crippen molar-refractivity contribution < 1.29 is 23.1 Å². The van der Waals surface area contributed by atoms with Gasteiger partial charge in [0.05, 0.1) is 12.2 Å². The van der Waals surface area contributed by atoms with Crippen LogP contribution in [0.1, 0.15) is 48.3 Å². The van der Waals surface area contributed by atoms with Crippen LogP contribution in [0.2, 0.25) is 0 Å². The summed E-state index contributed by atoms with van der Waals surface area (Å²) in [6.45, 7) is 3.16. The van der Waals surface area contributed by atoms with Gasteiger partial charge in [0.25, 0.3) is 0 Å². The second-order valence-electron chi connectivity index (χ2n) is 9.46. The van der Waals surface area contributed by atoms with E-state index in [1.165, 1.54) is 23.8 Å². The van der Waals surface area contributed by atoms with Crippen LogP contribution in [0, 0.1) is 5.92 Å². The molecule has 8 heteroatoms. The number of carbonyl (C=O) groups is 1. The predicted molar refractivity (Wildman–Crippen MR) is 128 cm³/mol. The first-order valence-electron chi connectivity index (χ1n) is 12.2. The zero-order chi connectivity index (χ0) is 24.8. The normalized spacial score (nSPS) is 19.8. The van der Waals surface area contributed by atoms with Crippen LogP contribution in [0.3, 0.4) is 0 Å². The molecule has 0 radical (unpaired) electrons. The van der Waals surface area contributed by atoms with Gasteiger partial charge in [0, 0.05) is 37.6 Å². The Balaban J connectivity index is 1.27. The Morgan fingerprint density at radius 1 is 1.06 bits per heavy atom. The van der Waals surface area contributed by atoms with E-state index in [0.29, 0.717) is 30.5 Å². The molecule has 3 heterocycles. The lowest BCUT2D eigenvalue weighted by Crippen LogP contribution is -2.50. The summed E-state index contributed by atoms with van der Waals surface area (Å²) >= 11 is 0. The van der Waals surface area contributed by atoms with E-state index in [1.807, 2.05) is 12.4 Å². The fourth-order valence-electron chi connectivity index (χ4n) is 5.36. The highest BCUT2D eigenvalue weighted by atomic mass is 19.4. The number of aliphatic hydroxyl groups excluding tert-OH is 1. The molecule has 1 aromatic carbocycles. The Morgan fingerprint density at radius 2 is 1.74 bits per heavy atom. The minimum absolute atomic E-state index is 0.0892. The standard InChI is InChI=1S/C27H32F3N3O2/c28-27(29,30)24-3-1-2-20(18-24)4-5-26(35)33-16-10-23(11-17-33)25(19-34)32-14-8-22(9-15-32)21-6-12-31-13-7-21/h1-7,12-13,18,22-23,25,34H,8-11,14-17,19H2. The number of aliphatic hydroxyl groups is 1. The quantitative estimate of drug-likeness (QED) is 0.606. The second kappa shape index (κ2) is 11.4. The molecule has 1 atom stereocenters. The van der Waals surface area contributed by atoms with Gasteiger partial charge >= 0.3 is 6.18 Å². The van der Waals surface area contributed by atoms with Crippen LogP contribution in [0.15, 0.2) is 54.9 Å². The van der Waals surface area contributed by atoms with Gasteiger partial charge in [0.1, 0.15) is 0 Å². The number of carbonyl (C=O) groups excluding carboxylic acids is 1. The predicted octanol–water partition coefficient (Wildman–Crippen LogP) is 4.59. The van der Waals surface area contributed by atoms with Crippen molar-refractivity contribution in [3.63, 3.8) is 0 Å². The fourth-order valence-corrected chi connectivity index (χ4v) is 5.36. The molecule has 5 nitrogen and oxygen atoms in total. The summed E-state index contributed by atoms with van der Waals surface area (Å²) in [7, 11) is 0. The summed E-state index contributed by atoms with van der Waals surface area (Å²) < 4.78 is 38.7. The van der Waals surface area contributed by atoms with Gasteiger partial charge in [-0.3, -0.25) is 14.7 Å². The van der Waals surface area contributed by atoms with Crippen LogP contribution >= 0.6 is 0 Å². The number of rotatable bonds is 6. The summed E-state index contributed by atoms with van der Waals surface area (Å²) in [6, 6.07) is 9.20. The molecule has 0 saturated carbocycles. The molecule has 2 aromatic rings. The van der Waals surface area contributed by atoms with Crippen LogP contribution in [0.4, 0.5) is 13.2 Å². The molecule has 2 fully saturated rings. The van der Waals surface area contributed by atoms with Crippen molar-refractivity contribution in [3.8, 4) is 0 Å². The molecule has 1 amide bonds. The van der Waals surface area contributed by atoms with E-state index in [2.05, 4.69) is 22.0 Å². The van der Waals surface area contributed by atoms with Crippen LogP contribution in [-0.4, -0.2) is 64.6 Å². The van der Waals surface area contributed by atoms with E-state index in [4.69, 9.17) is 0 Å². The number of pyridine rings is 1. The molecule has 188 valence electrons. The number of hydrogen-bond donors (Lipinski definition) is 1. The third kappa shape index (κ3) is 6.49. The largest absolute Gasteiger partial charge is 0.416 e. The number of alkyl halides is 3. The highest BCUT2D eigenvalue weighted by Gasteiger charge is 2.33. The molecular formula is C27H32F3N3O2. The van der Waals surface area contributed by atoms with Crippen molar-refractivity contribution in [2.45, 2.75) is 43.8 Å². The molecule has 1 N–H and O–H groups in total. The molecule has 2 aliphatic heterocycles. The maximum absolute atomic E-state index is 12.9. The topological polar surface area (TPSA) is 56.7 Å². The lowest BCUT2D eigenvalue weighted by Gasteiger charge is -2.43. The van der Waals surface area contributed by atoms with Crippen LogP contribution in [-0.2, 0) is 11.0 Å². The molecule has 0 aliphatic carbocycles. The Morgan fingerprint density at radius 3 is 2.37 bits per heavy atom. The van der Waals surface area contributed by atoms with E-state index in [9.17, 15) is 23.1 Å². The maximum Gasteiger partial charge on any atom is 0.416 e. The van der Waals surface area contributed by atoms with Gasteiger partial charge in [-0.25, -0.2) is 0 Å². The SMILES string of the molecule is O=C(C=Cc1cccc(C(F)(F)F)c1)N1CCC(C(CO)N2CCC(c3ccncc3)CC2)CC1. The van der Waals surface area contributed by atoms with Crippen LogP contribution in [0.25, 0.3) is 6.08 Å². The van der Waals surface area contributed by atoms with E-state index in [0.717, 1.165) is 50.9 Å². The lowest BCUT2D eigenvalue weighted by atomic mass is 9.85. The number of piperidine rings is 2. The Labute approximate surface area is 204 Å². The van der Waals surface area contributed by atoms with Crippen LogP contribution in [0.5, 0.6) is 0 Å². The van der Waals surface area contributed by atoms with Gasteiger partial charge in [-0.2, -0.15) is 13.2 Å². The van der Waals surface area contributed by atoms with Crippen molar-refractivity contribution in [1.29, 1.82) is 0 Å². The van der Waals surface area contributed by atoms with Crippen molar-refractivity contribution in [1.82, 2.24) is 14.8 Å². The van der Waals surface area contributed by atoms with Crippen molar-refractivity contribution >= 4 is 12.0 Å². The first-order valence-corrected chi connectivity index (χ1v) is 12.2. The monoisotopic (exact) mass is 487 g/mol. The number of benzene rings is 1. The Hall–Kier alpha value is -2.71. The van der Waals surface area contributed by atoms with Gasteiger partial charge in [-0.05, 0) is 92.1 Å². The summed E-state index contributed by atoms with van der Waals surface area (Å²) in [4.78, 5) is 20.9. The van der Waals surface area contributed by atoms with Crippen molar-refractivity contribution in [2.75, 3.05) is 32.8 Å². The zero-order valence-corrected chi connectivity index (χ0v) is 19.7. The number of likely N-dealkylation sites (tertiary alicyclic amines) is 2. The summed E-state index contributed by atoms with van der Waals surface area (Å²) in [6.07, 6.45) is 5.77. The average Bonchev–Trinajstić information content (AvgIpc) is 2.89. The number of aromatic nitrogens is 1. The Bertz CT molecular complexity index is 996. The summed E-state index contributed by atoms with van der Waals surface area (Å²) in [5.41, 5.74) is 0.941. The molecule has 2 saturated heterocycles. The maximum atomic E-state index is 12.9. The molecule has 1 aromatic heterocycles.